The molecule has 0 aliphatic rings. The molecule has 2 rings (SSSR count). The van der Waals surface area contributed by atoms with Crippen molar-refractivity contribution in [1.82, 2.24) is 0 Å². The van der Waals surface area contributed by atoms with Gasteiger partial charge in [0, 0.05) is 14.7 Å². The first-order valence-corrected chi connectivity index (χ1v) is 5.71. The topological polar surface area (TPSA) is 23.8 Å². The van der Waals surface area contributed by atoms with E-state index in [1.54, 1.807) is 11.3 Å². The molecule has 0 aliphatic heterocycles. The fourth-order valence-electron chi connectivity index (χ4n) is 1.21. The molecule has 0 atom stereocenters. The van der Waals surface area contributed by atoms with E-state index in [1.165, 1.54) is 4.88 Å². The molecule has 0 fully saturated rings. The van der Waals surface area contributed by atoms with Crippen LogP contribution in [0.15, 0.2) is 40.2 Å². The lowest BCUT2D eigenvalue weighted by molar-refractivity contribution is 1.49. The van der Waals surface area contributed by atoms with Gasteiger partial charge in [-0.15, -0.1) is 11.3 Å². The Morgan fingerprint density at radius 3 is 2.79 bits per heavy atom. The summed E-state index contributed by atoms with van der Waals surface area (Å²) in [4.78, 5) is 1.17. The van der Waals surface area contributed by atoms with Crippen molar-refractivity contribution in [3.05, 3.63) is 45.7 Å². The molecule has 1 heterocycles. The van der Waals surface area contributed by atoms with Crippen molar-refractivity contribution >= 4 is 27.3 Å². The Morgan fingerprint density at radius 1 is 1.29 bits per heavy atom. The number of nitrogens with zero attached hydrogens (tertiary/aromatic N) is 1. The van der Waals surface area contributed by atoms with Crippen LogP contribution >= 0.6 is 27.3 Å². The summed E-state index contributed by atoms with van der Waals surface area (Å²) >= 11 is 5.08. The molecule has 0 spiro atoms. The third kappa shape index (κ3) is 1.87. The summed E-state index contributed by atoms with van der Waals surface area (Å²) in [5.74, 6) is 0. The maximum Gasteiger partial charge on any atom is 0.0991 e. The highest BCUT2D eigenvalue weighted by Crippen LogP contribution is 2.29. The smallest absolute Gasteiger partial charge is 0.0991 e. The molecule has 1 aromatic heterocycles. The van der Waals surface area contributed by atoms with Gasteiger partial charge in [-0.05, 0) is 39.7 Å². The van der Waals surface area contributed by atoms with Crippen LogP contribution in [0.2, 0.25) is 0 Å². The molecule has 14 heavy (non-hydrogen) atoms. The molecule has 0 radical (unpaired) electrons. The maximum absolute atomic E-state index is 8.76. The molecule has 0 saturated heterocycles. The Kier molecular flexibility index (Phi) is 2.67. The molecule has 2 aromatic rings. The van der Waals surface area contributed by atoms with E-state index in [0.29, 0.717) is 5.56 Å². The van der Waals surface area contributed by atoms with Crippen LogP contribution in [0.3, 0.4) is 0 Å². The van der Waals surface area contributed by atoms with E-state index in [9.17, 15) is 0 Å². The SMILES string of the molecule is N#Cc1cccc(-c2cc(Br)cs2)c1. The van der Waals surface area contributed by atoms with Gasteiger partial charge in [0.1, 0.15) is 0 Å². The fraction of sp³-hybridized carbons (Fsp3) is 0. The summed E-state index contributed by atoms with van der Waals surface area (Å²) in [6.45, 7) is 0. The van der Waals surface area contributed by atoms with Gasteiger partial charge in [-0.1, -0.05) is 12.1 Å². The highest BCUT2D eigenvalue weighted by Gasteiger charge is 2.01. The fourth-order valence-corrected chi connectivity index (χ4v) is 2.63. The summed E-state index contributed by atoms with van der Waals surface area (Å²) in [7, 11) is 0. The molecule has 68 valence electrons. The number of benzene rings is 1. The first-order valence-electron chi connectivity index (χ1n) is 4.04. The van der Waals surface area contributed by atoms with Gasteiger partial charge in [0.15, 0.2) is 0 Å². The van der Waals surface area contributed by atoms with Gasteiger partial charge in [0.2, 0.25) is 0 Å². The third-order valence-electron chi connectivity index (χ3n) is 1.84. The van der Waals surface area contributed by atoms with Crippen LogP contribution in [-0.4, -0.2) is 0 Å². The van der Waals surface area contributed by atoms with E-state index in [1.807, 2.05) is 29.6 Å². The lowest BCUT2D eigenvalue weighted by Crippen LogP contribution is -1.75. The Morgan fingerprint density at radius 2 is 2.14 bits per heavy atom. The highest BCUT2D eigenvalue weighted by atomic mass is 79.9. The van der Waals surface area contributed by atoms with Crippen molar-refractivity contribution < 1.29 is 0 Å². The van der Waals surface area contributed by atoms with Crippen molar-refractivity contribution in [2.75, 3.05) is 0 Å². The van der Waals surface area contributed by atoms with Crippen molar-refractivity contribution in [2.24, 2.45) is 0 Å². The number of hydrogen-bond acceptors (Lipinski definition) is 2. The van der Waals surface area contributed by atoms with Crippen LogP contribution in [0.5, 0.6) is 0 Å². The summed E-state index contributed by atoms with van der Waals surface area (Å²) in [5.41, 5.74) is 1.80. The molecule has 0 N–H and O–H groups in total. The predicted octanol–water partition coefficient (Wildman–Crippen LogP) is 4.05. The average molecular weight is 264 g/mol. The molecule has 0 aliphatic carbocycles. The molecule has 0 saturated carbocycles. The Hall–Kier alpha value is -1.11. The molecular weight excluding hydrogens is 258 g/mol. The molecule has 1 nitrogen and oxygen atoms in total. The van der Waals surface area contributed by atoms with E-state index in [2.05, 4.69) is 28.1 Å². The maximum atomic E-state index is 8.76. The van der Waals surface area contributed by atoms with E-state index in [0.717, 1.165) is 10.0 Å². The van der Waals surface area contributed by atoms with Gasteiger partial charge in [-0.3, -0.25) is 0 Å². The minimum absolute atomic E-state index is 0.701. The summed E-state index contributed by atoms with van der Waals surface area (Å²) < 4.78 is 1.08. The summed E-state index contributed by atoms with van der Waals surface area (Å²) in [6, 6.07) is 11.8. The summed E-state index contributed by atoms with van der Waals surface area (Å²) in [5, 5.41) is 10.8. The molecule has 3 heteroatoms. The standard InChI is InChI=1S/C11H6BrNS/c12-10-5-11(14-7-10)9-3-1-2-8(4-9)6-13/h1-5,7H. The van der Waals surface area contributed by atoms with Crippen LogP contribution in [0, 0.1) is 11.3 Å². The van der Waals surface area contributed by atoms with Crippen molar-refractivity contribution in [3.8, 4) is 16.5 Å². The van der Waals surface area contributed by atoms with Gasteiger partial charge in [-0.2, -0.15) is 5.26 Å². The van der Waals surface area contributed by atoms with Gasteiger partial charge >= 0.3 is 0 Å². The second kappa shape index (κ2) is 3.95. The second-order valence-electron chi connectivity index (χ2n) is 2.82. The van der Waals surface area contributed by atoms with Crippen LogP contribution < -0.4 is 0 Å². The van der Waals surface area contributed by atoms with E-state index in [-0.39, 0.29) is 0 Å². The number of nitriles is 1. The highest BCUT2D eigenvalue weighted by molar-refractivity contribution is 9.10. The zero-order chi connectivity index (χ0) is 9.97. The molecule has 1 aromatic carbocycles. The van der Waals surface area contributed by atoms with Gasteiger partial charge in [0.05, 0.1) is 11.6 Å². The van der Waals surface area contributed by atoms with Crippen LogP contribution in [0.25, 0.3) is 10.4 Å². The van der Waals surface area contributed by atoms with Gasteiger partial charge in [0.25, 0.3) is 0 Å². The van der Waals surface area contributed by atoms with Gasteiger partial charge in [-0.25, -0.2) is 0 Å². The number of thiophene rings is 1. The van der Waals surface area contributed by atoms with Crippen LogP contribution in [0.1, 0.15) is 5.56 Å². The van der Waals surface area contributed by atoms with E-state index in [4.69, 9.17) is 5.26 Å². The first kappa shape index (κ1) is 9.45. The molecular formula is C11H6BrNS. The van der Waals surface area contributed by atoms with Crippen LogP contribution in [-0.2, 0) is 0 Å². The first-order chi connectivity index (χ1) is 6.79. The second-order valence-corrected chi connectivity index (χ2v) is 4.65. The largest absolute Gasteiger partial charge is 0.192 e. The quantitative estimate of drug-likeness (QED) is 0.762. The van der Waals surface area contributed by atoms with Crippen molar-refractivity contribution in [2.45, 2.75) is 0 Å². The third-order valence-corrected chi connectivity index (χ3v) is 3.58. The zero-order valence-corrected chi connectivity index (χ0v) is 9.60. The predicted molar refractivity (Wildman–Crippen MR) is 62.2 cm³/mol. The van der Waals surface area contributed by atoms with E-state index < -0.39 is 0 Å². The Labute approximate surface area is 94.8 Å². The van der Waals surface area contributed by atoms with Gasteiger partial charge < -0.3 is 0 Å². The minimum atomic E-state index is 0.701. The van der Waals surface area contributed by atoms with Crippen molar-refractivity contribution in [1.29, 1.82) is 5.26 Å². The number of hydrogen-bond donors (Lipinski definition) is 0. The lowest BCUT2D eigenvalue weighted by Gasteiger charge is -1.96. The zero-order valence-electron chi connectivity index (χ0n) is 7.20. The number of rotatable bonds is 1. The lowest BCUT2D eigenvalue weighted by atomic mass is 10.1. The molecule has 0 bridgehead atoms. The van der Waals surface area contributed by atoms with E-state index >= 15 is 0 Å². The molecule has 0 amide bonds. The van der Waals surface area contributed by atoms with Crippen LogP contribution in [0.4, 0.5) is 0 Å². The monoisotopic (exact) mass is 263 g/mol. The number of halogens is 1. The summed E-state index contributed by atoms with van der Waals surface area (Å²) in [6.07, 6.45) is 0. The Balaban J connectivity index is 2.47. The average Bonchev–Trinajstić information content (AvgIpc) is 2.65. The minimum Gasteiger partial charge on any atom is -0.192 e. The Bertz CT molecular complexity index is 496. The van der Waals surface area contributed by atoms with Crippen molar-refractivity contribution in [3.63, 3.8) is 0 Å². The molecule has 0 unspecified atom stereocenters. The normalized spacial score (nSPS) is 9.71.